The molecule has 0 spiro atoms. The first-order chi connectivity index (χ1) is 8.72. The van der Waals surface area contributed by atoms with Gasteiger partial charge in [0.15, 0.2) is 5.58 Å². The minimum absolute atomic E-state index is 0.118. The lowest BCUT2D eigenvalue weighted by atomic mass is 10.3. The van der Waals surface area contributed by atoms with Gasteiger partial charge in [0.25, 0.3) is 0 Å². The van der Waals surface area contributed by atoms with Crippen molar-refractivity contribution in [2.24, 2.45) is 0 Å². The molecular formula is C13H14N2O3. The van der Waals surface area contributed by atoms with Gasteiger partial charge in [-0.1, -0.05) is 18.2 Å². The predicted octanol–water partition coefficient (Wildman–Crippen LogP) is 1.29. The van der Waals surface area contributed by atoms with Crippen LogP contribution in [0, 0.1) is 0 Å². The summed E-state index contributed by atoms with van der Waals surface area (Å²) < 4.78 is 6.53. The molecule has 2 rings (SSSR count). The average molecular weight is 246 g/mol. The molecule has 5 nitrogen and oxygen atoms in total. The lowest BCUT2D eigenvalue weighted by Gasteiger charge is -2.03. The first-order valence-corrected chi connectivity index (χ1v) is 5.68. The Labute approximate surface area is 104 Å². The van der Waals surface area contributed by atoms with Crippen LogP contribution in [0.25, 0.3) is 11.1 Å². The molecule has 1 aromatic heterocycles. The van der Waals surface area contributed by atoms with Crippen LogP contribution in [0.15, 0.2) is 46.1 Å². The van der Waals surface area contributed by atoms with E-state index in [1.165, 1.54) is 4.57 Å². The summed E-state index contributed by atoms with van der Waals surface area (Å²) in [6.07, 6.45) is 1.84. The van der Waals surface area contributed by atoms with E-state index in [4.69, 9.17) is 4.42 Å². The number of aromatic nitrogens is 1. The summed E-state index contributed by atoms with van der Waals surface area (Å²) in [4.78, 5) is 23.1. The Morgan fingerprint density at radius 2 is 2.22 bits per heavy atom. The van der Waals surface area contributed by atoms with Gasteiger partial charge in [-0.3, -0.25) is 9.36 Å². The lowest BCUT2D eigenvalue weighted by Crippen LogP contribution is -2.26. The highest BCUT2D eigenvalue weighted by molar-refractivity contribution is 5.76. The van der Waals surface area contributed by atoms with Crippen molar-refractivity contribution in [2.45, 2.75) is 13.0 Å². The number of benzene rings is 1. The number of para-hydroxylation sites is 2. The van der Waals surface area contributed by atoms with Crippen LogP contribution in [-0.4, -0.2) is 17.0 Å². The van der Waals surface area contributed by atoms with E-state index in [-0.39, 0.29) is 12.3 Å². The van der Waals surface area contributed by atoms with Gasteiger partial charge in [-0.15, -0.1) is 6.58 Å². The summed E-state index contributed by atoms with van der Waals surface area (Å²) >= 11 is 0. The fraction of sp³-hybridized carbons (Fsp3) is 0.231. The van der Waals surface area contributed by atoms with Crippen LogP contribution < -0.4 is 11.1 Å². The van der Waals surface area contributed by atoms with Gasteiger partial charge in [0, 0.05) is 19.5 Å². The minimum atomic E-state index is -0.437. The number of hydrogen-bond donors (Lipinski definition) is 1. The third kappa shape index (κ3) is 2.51. The van der Waals surface area contributed by atoms with Crippen molar-refractivity contribution in [2.75, 3.05) is 6.54 Å². The van der Waals surface area contributed by atoms with Crippen molar-refractivity contribution in [3.8, 4) is 0 Å². The Kier molecular flexibility index (Phi) is 3.62. The van der Waals surface area contributed by atoms with Crippen molar-refractivity contribution in [1.29, 1.82) is 0 Å². The first kappa shape index (κ1) is 12.2. The Bertz CT molecular complexity index is 624. The monoisotopic (exact) mass is 246 g/mol. The second-order valence-corrected chi connectivity index (χ2v) is 3.83. The molecule has 0 fully saturated rings. The van der Waals surface area contributed by atoms with Gasteiger partial charge in [0.2, 0.25) is 5.91 Å². The number of fused-ring (bicyclic) bond motifs is 1. The number of rotatable bonds is 5. The van der Waals surface area contributed by atoms with Crippen molar-refractivity contribution < 1.29 is 9.21 Å². The first-order valence-electron chi connectivity index (χ1n) is 5.68. The van der Waals surface area contributed by atoms with Crippen LogP contribution in [0.4, 0.5) is 0 Å². The predicted molar refractivity (Wildman–Crippen MR) is 68.3 cm³/mol. The average Bonchev–Trinajstić information content (AvgIpc) is 2.69. The fourth-order valence-corrected chi connectivity index (χ4v) is 1.71. The summed E-state index contributed by atoms with van der Waals surface area (Å²) in [6, 6.07) is 7.14. The highest BCUT2D eigenvalue weighted by Crippen LogP contribution is 2.11. The summed E-state index contributed by atoms with van der Waals surface area (Å²) in [6.45, 7) is 4.25. The van der Waals surface area contributed by atoms with Gasteiger partial charge >= 0.3 is 5.76 Å². The van der Waals surface area contributed by atoms with E-state index in [1.54, 1.807) is 24.3 Å². The van der Waals surface area contributed by atoms with Gasteiger partial charge in [0.05, 0.1) is 5.52 Å². The quantitative estimate of drug-likeness (QED) is 0.808. The Morgan fingerprint density at radius 1 is 1.44 bits per heavy atom. The summed E-state index contributed by atoms with van der Waals surface area (Å²) in [5, 5.41) is 2.66. The highest BCUT2D eigenvalue weighted by Gasteiger charge is 2.09. The van der Waals surface area contributed by atoms with Crippen molar-refractivity contribution >= 4 is 17.0 Å². The largest absolute Gasteiger partial charge is 0.419 e. The zero-order chi connectivity index (χ0) is 13.0. The summed E-state index contributed by atoms with van der Waals surface area (Å²) in [5.74, 6) is -0.556. The number of amides is 1. The molecule has 5 heteroatoms. The molecule has 0 saturated heterocycles. The molecule has 0 aliphatic heterocycles. The van der Waals surface area contributed by atoms with Gasteiger partial charge in [0.1, 0.15) is 0 Å². The second-order valence-electron chi connectivity index (χ2n) is 3.83. The highest BCUT2D eigenvalue weighted by atomic mass is 16.4. The van der Waals surface area contributed by atoms with E-state index in [1.807, 2.05) is 6.07 Å². The van der Waals surface area contributed by atoms with Crippen LogP contribution in [0.2, 0.25) is 0 Å². The summed E-state index contributed by atoms with van der Waals surface area (Å²) in [5.41, 5.74) is 1.24. The van der Waals surface area contributed by atoms with Crippen LogP contribution in [0.1, 0.15) is 6.42 Å². The molecule has 1 N–H and O–H groups in total. The van der Waals surface area contributed by atoms with Gasteiger partial charge in [-0.2, -0.15) is 0 Å². The van der Waals surface area contributed by atoms with E-state index in [9.17, 15) is 9.59 Å². The molecule has 0 saturated carbocycles. The number of nitrogens with one attached hydrogen (secondary N) is 1. The number of carbonyl (C=O) groups excluding carboxylic acids is 1. The molecule has 0 atom stereocenters. The van der Waals surface area contributed by atoms with Gasteiger partial charge in [-0.25, -0.2) is 4.79 Å². The Morgan fingerprint density at radius 3 is 3.00 bits per heavy atom. The molecule has 94 valence electrons. The van der Waals surface area contributed by atoms with E-state index in [2.05, 4.69) is 11.9 Å². The van der Waals surface area contributed by atoms with Gasteiger partial charge < -0.3 is 9.73 Å². The molecule has 0 radical (unpaired) electrons. The van der Waals surface area contributed by atoms with E-state index < -0.39 is 5.76 Å². The van der Waals surface area contributed by atoms with Crippen LogP contribution in [0.5, 0.6) is 0 Å². The van der Waals surface area contributed by atoms with Crippen molar-refractivity contribution in [1.82, 2.24) is 9.88 Å². The zero-order valence-electron chi connectivity index (χ0n) is 9.89. The minimum Gasteiger partial charge on any atom is -0.408 e. The van der Waals surface area contributed by atoms with E-state index >= 15 is 0 Å². The SMILES string of the molecule is C=CCNC(=O)CCn1c(=O)oc2ccccc21. The molecule has 0 aliphatic rings. The fourth-order valence-electron chi connectivity index (χ4n) is 1.71. The second kappa shape index (κ2) is 5.35. The number of carbonyl (C=O) groups is 1. The zero-order valence-corrected chi connectivity index (χ0v) is 9.89. The maximum Gasteiger partial charge on any atom is 0.419 e. The Balaban J connectivity index is 2.12. The molecule has 18 heavy (non-hydrogen) atoms. The molecule has 1 amide bonds. The maximum atomic E-state index is 11.6. The van der Waals surface area contributed by atoms with Crippen LogP contribution in [-0.2, 0) is 11.3 Å². The molecule has 2 aromatic rings. The van der Waals surface area contributed by atoms with Crippen molar-refractivity contribution in [3.63, 3.8) is 0 Å². The third-order valence-corrected chi connectivity index (χ3v) is 2.58. The number of aryl methyl sites for hydroxylation is 1. The number of hydrogen-bond acceptors (Lipinski definition) is 3. The lowest BCUT2D eigenvalue weighted by molar-refractivity contribution is -0.121. The number of nitrogens with zero attached hydrogens (tertiary/aromatic N) is 1. The maximum absolute atomic E-state index is 11.6. The Hall–Kier alpha value is -2.30. The van der Waals surface area contributed by atoms with Crippen molar-refractivity contribution in [3.05, 3.63) is 47.5 Å². The molecule has 0 aliphatic carbocycles. The van der Waals surface area contributed by atoms with E-state index in [0.717, 1.165) is 0 Å². The van der Waals surface area contributed by atoms with E-state index in [0.29, 0.717) is 24.2 Å². The standard InChI is InChI=1S/C13H14N2O3/c1-2-8-14-12(16)7-9-15-10-5-3-4-6-11(10)18-13(15)17/h2-6H,1,7-9H2,(H,14,16). The smallest absolute Gasteiger partial charge is 0.408 e. The summed E-state index contributed by atoms with van der Waals surface area (Å²) in [7, 11) is 0. The topological polar surface area (TPSA) is 64.2 Å². The van der Waals surface area contributed by atoms with Crippen LogP contribution in [0.3, 0.4) is 0 Å². The molecule has 0 bridgehead atoms. The van der Waals surface area contributed by atoms with Crippen LogP contribution >= 0.6 is 0 Å². The molecular weight excluding hydrogens is 232 g/mol. The third-order valence-electron chi connectivity index (χ3n) is 2.58. The molecule has 1 aromatic carbocycles. The number of oxazole rings is 1. The molecule has 1 heterocycles. The van der Waals surface area contributed by atoms with Gasteiger partial charge in [-0.05, 0) is 12.1 Å². The normalized spacial score (nSPS) is 10.4. The molecule has 0 unspecified atom stereocenters.